The third-order valence-corrected chi connectivity index (χ3v) is 6.62. The highest BCUT2D eigenvalue weighted by Crippen LogP contribution is 2.32. The standard InChI is InChI=1S/C30H34N6O3/c1-6-38-23-12-10-21(11-13-23)18-35(19-24-8-7-15-39-24)27(28-32-33-34-36(28)30(3,4)5)25-17-22-16-20(2)9-14-26(22)31-29(25)37/h7-17,27H,6,18-19H2,1-5H3,(H,31,37)/t27-/m1/s1. The van der Waals surface area contributed by atoms with Gasteiger partial charge in [0.15, 0.2) is 5.82 Å². The lowest BCUT2D eigenvalue weighted by Gasteiger charge is -2.32. The van der Waals surface area contributed by atoms with E-state index in [0.29, 0.717) is 31.1 Å². The molecule has 0 aliphatic heterocycles. The van der Waals surface area contributed by atoms with Crippen molar-refractivity contribution in [1.82, 2.24) is 30.1 Å². The van der Waals surface area contributed by atoms with Crippen LogP contribution < -0.4 is 10.3 Å². The van der Waals surface area contributed by atoms with Crippen LogP contribution in [-0.2, 0) is 18.6 Å². The second kappa shape index (κ2) is 10.9. The molecule has 0 saturated carbocycles. The summed E-state index contributed by atoms with van der Waals surface area (Å²) in [6.45, 7) is 11.7. The molecule has 9 nitrogen and oxygen atoms in total. The Balaban J connectivity index is 1.69. The van der Waals surface area contributed by atoms with E-state index in [1.54, 1.807) is 10.9 Å². The molecule has 3 aromatic heterocycles. The first-order valence-corrected chi connectivity index (χ1v) is 13.1. The Labute approximate surface area is 227 Å². The van der Waals surface area contributed by atoms with E-state index >= 15 is 0 Å². The van der Waals surface area contributed by atoms with Gasteiger partial charge in [0.2, 0.25) is 0 Å². The Kier molecular flexibility index (Phi) is 7.34. The predicted octanol–water partition coefficient (Wildman–Crippen LogP) is 5.36. The number of aromatic amines is 1. The molecule has 0 radical (unpaired) electrons. The molecule has 2 aromatic carbocycles. The van der Waals surface area contributed by atoms with Crippen LogP contribution in [0, 0.1) is 6.92 Å². The number of nitrogens with zero attached hydrogens (tertiary/aromatic N) is 5. The zero-order chi connectivity index (χ0) is 27.6. The van der Waals surface area contributed by atoms with Crippen molar-refractivity contribution in [3.05, 3.63) is 106 Å². The molecule has 0 bridgehead atoms. The normalized spacial score (nSPS) is 12.8. The lowest BCUT2D eigenvalue weighted by molar-refractivity contribution is 0.171. The summed E-state index contributed by atoms with van der Waals surface area (Å²) in [6.07, 6.45) is 1.66. The molecule has 5 rings (SSSR count). The van der Waals surface area contributed by atoms with Gasteiger partial charge in [-0.25, -0.2) is 4.68 Å². The molecule has 3 heterocycles. The number of pyridine rings is 1. The van der Waals surface area contributed by atoms with Crippen molar-refractivity contribution in [2.45, 2.75) is 59.3 Å². The Bertz CT molecular complexity index is 1600. The number of hydrogen-bond donors (Lipinski definition) is 1. The first-order valence-electron chi connectivity index (χ1n) is 13.1. The topological polar surface area (TPSA) is 102 Å². The molecule has 0 saturated heterocycles. The largest absolute Gasteiger partial charge is 0.494 e. The molecule has 202 valence electrons. The smallest absolute Gasteiger partial charge is 0.253 e. The first kappa shape index (κ1) is 26.4. The summed E-state index contributed by atoms with van der Waals surface area (Å²) in [6, 6.07) is 19.2. The first-order chi connectivity index (χ1) is 18.7. The number of hydrogen-bond acceptors (Lipinski definition) is 7. The average Bonchev–Trinajstić information content (AvgIpc) is 3.59. The van der Waals surface area contributed by atoms with Gasteiger partial charge in [0.25, 0.3) is 5.56 Å². The number of aromatic nitrogens is 5. The maximum atomic E-state index is 13.7. The minimum absolute atomic E-state index is 0.184. The van der Waals surface area contributed by atoms with Gasteiger partial charge in [0.1, 0.15) is 17.6 Å². The summed E-state index contributed by atoms with van der Waals surface area (Å²) in [5, 5.41) is 13.8. The molecule has 39 heavy (non-hydrogen) atoms. The summed E-state index contributed by atoms with van der Waals surface area (Å²) in [5.74, 6) is 2.17. The van der Waals surface area contributed by atoms with Crippen LogP contribution in [0.25, 0.3) is 10.9 Å². The predicted molar refractivity (Wildman–Crippen MR) is 150 cm³/mol. The van der Waals surface area contributed by atoms with E-state index < -0.39 is 11.6 Å². The van der Waals surface area contributed by atoms with Crippen molar-refractivity contribution in [3.8, 4) is 5.75 Å². The maximum absolute atomic E-state index is 13.7. The Morgan fingerprint density at radius 1 is 1.08 bits per heavy atom. The minimum Gasteiger partial charge on any atom is -0.494 e. The molecule has 5 aromatic rings. The van der Waals surface area contributed by atoms with Gasteiger partial charge in [0.05, 0.1) is 25.0 Å². The van der Waals surface area contributed by atoms with Gasteiger partial charge in [-0.3, -0.25) is 9.69 Å². The molecule has 9 heteroatoms. The number of ether oxygens (including phenoxy) is 1. The van der Waals surface area contributed by atoms with Crippen LogP contribution in [-0.4, -0.2) is 36.7 Å². The van der Waals surface area contributed by atoms with E-state index in [0.717, 1.165) is 33.5 Å². The van der Waals surface area contributed by atoms with Gasteiger partial charge in [-0.15, -0.1) is 5.10 Å². The van der Waals surface area contributed by atoms with Gasteiger partial charge < -0.3 is 14.1 Å². The third-order valence-electron chi connectivity index (χ3n) is 6.62. The van der Waals surface area contributed by atoms with Gasteiger partial charge in [0, 0.05) is 17.6 Å². The SMILES string of the molecule is CCOc1ccc(CN(Cc2ccco2)[C@H](c2cc3cc(C)ccc3[nH]c2=O)c2nnnn2C(C)(C)C)cc1. The number of H-pyrrole nitrogens is 1. The maximum Gasteiger partial charge on any atom is 0.253 e. The minimum atomic E-state index is -0.565. The number of nitrogens with one attached hydrogen (secondary N) is 1. The average molecular weight is 527 g/mol. The monoisotopic (exact) mass is 526 g/mol. The Morgan fingerprint density at radius 3 is 2.56 bits per heavy atom. The van der Waals surface area contributed by atoms with Gasteiger partial charge in [-0.1, -0.05) is 23.8 Å². The zero-order valence-electron chi connectivity index (χ0n) is 23.0. The summed E-state index contributed by atoms with van der Waals surface area (Å²) in [4.78, 5) is 19.0. The van der Waals surface area contributed by atoms with E-state index in [9.17, 15) is 4.79 Å². The highest BCUT2D eigenvalue weighted by atomic mass is 16.5. The fraction of sp³-hybridized carbons (Fsp3) is 0.333. The van der Waals surface area contributed by atoms with Crippen LogP contribution in [0.5, 0.6) is 5.75 Å². The van der Waals surface area contributed by atoms with Crippen LogP contribution in [0.15, 0.2) is 76.1 Å². The molecule has 0 aliphatic rings. The molecular weight excluding hydrogens is 492 g/mol. The van der Waals surface area contributed by atoms with E-state index in [1.165, 1.54) is 0 Å². The van der Waals surface area contributed by atoms with Gasteiger partial charge in [-0.2, -0.15) is 0 Å². The number of aryl methyl sites for hydroxylation is 1. The second-order valence-electron chi connectivity index (χ2n) is 10.7. The third kappa shape index (κ3) is 5.78. The molecule has 1 atom stereocenters. The number of rotatable bonds is 9. The van der Waals surface area contributed by atoms with Gasteiger partial charge in [-0.05, 0) is 98.5 Å². The fourth-order valence-corrected chi connectivity index (χ4v) is 4.82. The summed E-state index contributed by atoms with van der Waals surface area (Å²) in [7, 11) is 0. The van der Waals surface area contributed by atoms with Crippen molar-refractivity contribution >= 4 is 10.9 Å². The molecule has 0 spiro atoms. The van der Waals surface area contributed by atoms with Gasteiger partial charge >= 0.3 is 0 Å². The van der Waals surface area contributed by atoms with Crippen molar-refractivity contribution in [1.29, 1.82) is 0 Å². The summed E-state index contributed by atoms with van der Waals surface area (Å²) in [5.41, 5.74) is 2.91. The van der Waals surface area contributed by atoms with Crippen molar-refractivity contribution in [2.24, 2.45) is 0 Å². The fourth-order valence-electron chi connectivity index (χ4n) is 4.82. The zero-order valence-corrected chi connectivity index (χ0v) is 23.0. The van der Waals surface area contributed by atoms with Crippen molar-refractivity contribution < 1.29 is 9.15 Å². The van der Waals surface area contributed by atoms with E-state index in [4.69, 9.17) is 9.15 Å². The van der Waals surface area contributed by atoms with Crippen LogP contribution in [0.3, 0.4) is 0 Å². The molecule has 0 amide bonds. The lowest BCUT2D eigenvalue weighted by atomic mass is 10.00. The van der Waals surface area contributed by atoms with E-state index in [2.05, 4.69) is 31.5 Å². The summed E-state index contributed by atoms with van der Waals surface area (Å²) >= 11 is 0. The van der Waals surface area contributed by atoms with Crippen LogP contribution in [0.1, 0.15) is 62.0 Å². The van der Waals surface area contributed by atoms with Crippen LogP contribution in [0.2, 0.25) is 0 Å². The van der Waals surface area contributed by atoms with E-state index in [1.807, 2.05) is 89.2 Å². The molecule has 0 aliphatic carbocycles. The van der Waals surface area contributed by atoms with Crippen LogP contribution >= 0.6 is 0 Å². The molecule has 1 N–H and O–H groups in total. The highest BCUT2D eigenvalue weighted by molar-refractivity contribution is 5.79. The number of benzene rings is 2. The Morgan fingerprint density at radius 2 is 1.87 bits per heavy atom. The number of tetrazole rings is 1. The van der Waals surface area contributed by atoms with E-state index in [-0.39, 0.29) is 5.56 Å². The van der Waals surface area contributed by atoms with Crippen LogP contribution in [0.4, 0.5) is 0 Å². The second-order valence-corrected chi connectivity index (χ2v) is 10.7. The molecule has 0 fully saturated rings. The molecular formula is C30H34N6O3. The summed E-state index contributed by atoms with van der Waals surface area (Å²) < 4.78 is 13.2. The molecule has 0 unspecified atom stereocenters. The quantitative estimate of drug-likeness (QED) is 0.276. The number of fused-ring (bicyclic) bond motifs is 1. The Hall–Kier alpha value is -4.24. The van der Waals surface area contributed by atoms with Crippen molar-refractivity contribution in [3.63, 3.8) is 0 Å². The number of furan rings is 1. The lowest BCUT2D eigenvalue weighted by Crippen LogP contribution is -2.37. The highest BCUT2D eigenvalue weighted by Gasteiger charge is 2.34. The van der Waals surface area contributed by atoms with Crippen molar-refractivity contribution in [2.75, 3.05) is 6.61 Å².